The van der Waals surface area contributed by atoms with Crippen LogP contribution in [0.2, 0.25) is 0 Å². The molecule has 33 heavy (non-hydrogen) atoms. The van der Waals surface area contributed by atoms with E-state index in [-0.39, 0.29) is 30.3 Å². The molecule has 4 amide bonds. The minimum absolute atomic E-state index is 0.147. The van der Waals surface area contributed by atoms with Gasteiger partial charge in [0.15, 0.2) is 0 Å². The van der Waals surface area contributed by atoms with E-state index in [0.29, 0.717) is 29.9 Å². The summed E-state index contributed by atoms with van der Waals surface area (Å²) in [5.41, 5.74) is 2.47. The molecule has 0 fully saturated rings. The number of thiophene rings is 1. The van der Waals surface area contributed by atoms with Crippen LogP contribution in [0.4, 0.5) is 14.9 Å². The standard InChI is InChI=1S/C24H27FN4O3S/c1-4-28-19-12-29(23(31)20(19)21(27-24(28)32)15-9-10-33-13-15)18(11-14(2)3)22(30)26-17-7-5-16(25)6-8-17/h5-10,13-14,18,21H,4,11-12H2,1-3H3,(H,26,30)(H,27,32)/t18-,21-/m0/s1. The van der Waals surface area contributed by atoms with Crippen molar-refractivity contribution in [3.05, 3.63) is 63.7 Å². The minimum Gasteiger partial charge on any atom is -0.326 e. The average Bonchev–Trinajstić information content (AvgIpc) is 3.42. The van der Waals surface area contributed by atoms with Crippen molar-refractivity contribution in [3.8, 4) is 0 Å². The predicted molar refractivity (Wildman–Crippen MR) is 125 cm³/mol. The number of carbonyl (C=O) groups excluding carboxylic acids is 3. The lowest BCUT2D eigenvalue weighted by atomic mass is 9.97. The van der Waals surface area contributed by atoms with Gasteiger partial charge in [0.25, 0.3) is 5.91 Å². The molecular weight excluding hydrogens is 443 g/mol. The van der Waals surface area contributed by atoms with Crippen molar-refractivity contribution in [1.82, 2.24) is 15.1 Å². The lowest BCUT2D eigenvalue weighted by molar-refractivity contribution is -0.134. The molecular formula is C24H27FN4O3S. The van der Waals surface area contributed by atoms with Crippen molar-refractivity contribution >= 4 is 34.9 Å². The Hall–Kier alpha value is -3.20. The van der Waals surface area contributed by atoms with E-state index >= 15 is 0 Å². The number of anilines is 1. The Morgan fingerprint density at radius 2 is 1.97 bits per heavy atom. The van der Waals surface area contributed by atoms with Gasteiger partial charge in [0, 0.05) is 12.2 Å². The molecule has 174 valence electrons. The molecule has 0 unspecified atom stereocenters. The second kappa shape index (κ2) is 9.35. The van der Waals surface area contributed by atoms with Gasteiger partial charge in [-0.3, -0.25) is 14.5 Å². The van der Waals surface area contributed by atoms with Crippen LogP contribution in [0.3, 0.4) is 0 Å². The fraction of sp³-hybridized carbons (Fsp3) is 0.375. The molecule has 2 aliphatic rings. The maximum Gasteiger partial charge on any atom is 0.322 e. The number of nitrogens with zero attached hydrogens (tertiary/aromatic N) is 2. The number of halogens is 1. The Labute approximate surface area is 196 Å². The minimum atomic E-state index is -0.731. The third-order valence-corrected chi connectivity index (χ3v) is 6.63. The molecule has 0 bridgehead atoms. The van der Waals surface area contributed by atoms with Gasteiger partial charge in [-0.05, 0) is 65.9 Å². The zero-order chi connectivity index (χ0) is 23.7. The Morgan fingerprint density at radius 3 is 2.58 bits per heavy atom. The number of hydrogen-bond acceptors (Lipinski definition) is 4. The van der Waals surface area contributed by atoms with Crippen molar-refractivity contribution in [1.29, 1.82) is 0 Å². The number of hydrogen-bond donors (Lipinski definition) is 2. The molecule has 2 N–H and O–H groups in total. The average molecular weight is 471 g/mol. The second-order valence-corrected chi connectivity index (χ2v) is 9.40. The van der Waals surface area contributed by atoms with Crippen LogP contribution >= 0.6 is 11.3 Å². The van der Waals surface area contributed by atoms with Gasteiger partial charge in [-0.25, -0.2) is 9.18 Å². The molecule has 0 aliphatic carbocycles. The number of amides is 4. The summed E-state index contributed by atoms with van der Waals surface area (Å²) in [5, 5.41) is 9.58. The fourth-order valence-electron chi connectivity index (χ4n) is 4.37. The van der Waals surface area contributed by atoms with E-state index in [4.69, 9.17) is 0 Å². The smallest absolute Gasteiger partial charge is 0.322 e. The number of nitrogens with one attached hydrogen (secondary N) is 2. The lowest BCUT2D eigenvalue weighted by Crippen LogP contribution is -2.47. The highest BCUT2D eigenvalue weighted by molar-refractivity contribution is 7.08. The van der Waals surface area contributed by atoms with E-state index in [1.54, 1.807) is 9.80 Å². The van der Waals surface area contributed by atoms with Gasteiger partial charge in [0.05, 0.1) is 23.9 Å². The van der Waals surface area contributed by atoms with Crippen LogP contribution in [-0.2, 0) is 9.59 Å². The van der Waals surface area contributed by atoms with Crippen LogP contribution < -0.4 is 10.6 Å². The molecule has 2 aliphatic heterocycles. The molecule has 0 radical (unpaired) electrons. The molecule has 4 rings (SSSR count). The molecule has 7 nitrogen and oxygen atoms in total. The van der Waals surface area contributed by atoms with Crippen molar-refractivity contribution in [2.45, 2.75) is 39.3 Å². The molecule has 9 heteroatoms. The van der Waals surface area contributed by atoms with Crippen LogP contribution in [-0.4, -0.2) is 46.8 Å². The lowest BCUT2D eigenvalue weighted by Gasteiger charge is -2.32. The Morgan fingerprint density at radius 1 is 1.24 bits per heavy atom. The first-order chi connectivity index (χ1) is 15.8. The number of urea groups is 1. The Bertz CT molecular complexity index is 1080. The van der Waals surface area contributed by atoms with Crippen LogP contribution in [0.5, 0.6) is 0 Å². The number of benzene rings is 1. The van der Waals surface area contributed by atoms with E-state index in [1.807, 2.05) is 37.6 Å². The summed E-state index contributed by atoms with van der Waals surface area (Å²) >= 11 is 1.50. The summed E-state index contributed by atoms with van der Waals surface area (Å²) in [6, 6.07) is 5.89. The first-order valence-electron chi connectivity index (χ1n) is 11.0. The molecule has 1 aromatic heterocycles. The zero-order valence-electron chi connectivity index (χ0n) is 18.8. The van der Waals surface area contributed by atoms with Crippen LogP contribution in [0.25, 0.3) is 0 Å². The molecule has 1 aromatic carbocycles. The molecule has 3 heterocycles. The topological polar surface area (TPSA) is 81.8 Å². The molecule has 0 spiro atoms. The summed E-state index contributed by atoms with van der Waals surface area (Å²) in [5.74, 6) is -0.832. The molecule has 0 saturated carbocycles. The van der Waals surface area contributed by atoms with Crippen molar-refractivity contribution in [2.75, 3.05) is 18.4 Å². The zero-order valence-corrected chi connectivity index (χ0v) is 19.6. The maximum atomic E-state index is 13.7. The quantitative estimate of drug-likeness (QED) is 0.639. The van der Waals surface area contributed by atoms with Crippen molar-refractivity contribution < 1.29 is 18.8 Å². The Balaban J connectivity index is 1.65. The second-order valence-electron chi connectivity index (χ2n) is 8.62. The van der Waals surface area contributed by atoms with Crippen molar-refractivity contribution in [2.24, 2.45) is 5.92 Å². The van der Waals surface area contributed by atoms with Gasteiger partial charge in [-0.15, -0.1) is 0 Å². The summed E-state index contributed by atoms with van der Waals surface area (Å²) in [7, 11) is 0. The highest BCUT2D eigenvalue weighted by Crippen LogP contribution is 2.38. The summed E-state index contributed by atoms with van der Waals surface area (Å²) in [4.78, 5) is 42.9. The third-order valence-electron chi connectivity index (χ3n) is 5.93. The predicted octanol–water partition coefficient (Wildman–Crippen LogP) is 4.12. The van der Waals surface area contributed by atoms with Crippen LogP contribution in [0.15, 0.2) is 52.4 Å². The van der Waals surface area contributed by atoms with Gasteiger partial charge < -0.3 is 15.5 Å². The molecule has 0 saturated heterocycles. The van der Waals surface area contributed by atoms with Gasteiger partial charge >= 0.3 is 6.03 Å². The van der Waals surface area contributed by atoms with Crippen LogP contribution in [0, 0.1) is 11.7 Å². The van der Waals surface area contributed by atoms with Gasteiger partial charge in [0.1, 0.15) is 11.9 Å². The normalized spacial score (nSPS) is 19.1. The third kappa shape index (κ3) is 4.50. The van der Waals surface area contributed by atoms with Gasteiger partial charge in [-0.1, -0.05) is 13.8 Å². The van der Waals surface area contributed by atoms with E-state index in [9.17, 15) is 18.8 Å². The SMILES string of the molecule is CCN1C(=O)N[C@@H](c2ccsc2)C2=C1CN([C@@H](CC(C)C)C(=O)Nc1ccc(F)cc1)C2=O. The monoisotopic (exact) mass is 470 g/mol. The summed E-state index contributed by atoms with van der Waals surface area (Å²) in [6.07, 6.45) is 0.454. The van der Waals surface area contributed by atoms with Gasteiger partial charge in [-0.2, -0.15) is 11.3 Å². The van der Waals surface area contributed by atoms with E-state index in [2.05, 4.69) is 10.6 Å². The van der Waals surface area contributed by atoms with E-state index in [0.717, 1.165) is 5.56 Å². The highest BCUT2D eigenvalue weighted by Gasteiger charge is 2.46. The first kappa shape index (κ1) is 23.0. The molecule has 2 aromatic rings. The number of carbonyl (C=O) groups is 3. The highest BCUT2D eigenvalue weighted by atomic mass is 32.1. The summed E-state index contributed by atoms with van der Waals surface area (Å²) < 4.78 is 13.3. The van der Waals surface area contributed by atoms with Crippen molar-refractivity contribution in [3.63, 3.8) is 0 Å². The molecule has 2 atom stereocenters. The summed E-state index contributed by atoms with van der Waals surface area (Å²) in [6.45, 7) is 6.44. The van der Waals surface area contributed by atoms with E-state index in [1.165, 1.54) is 35.6 Å². The number of rotatable bonds is 7. The maximum absolute atomic E-state index is 13.7. The van der Waals surface area contributed by atoms with E-state index < -0.39 is 17.9 Å². The van der Waals surface area contributed by atoms with Crippen LogP contribution in [0.1, 0.15) is 38.8 Å². The largest absolute Gasteiger partial charge is 0.326 e. The first-order valence-corrected chi connectivity index (χ1v) is 11.9. The van der Waals surface area contributed by atoms with Gasteiger partial charge in [0.2, 0.25) is 5.91 Å². The Kier molecular flexibility index (Phi) is 6.51. The number of likely N-dealkylation sites (N-methyl/N-ethyl adjacent to an activating group) is 1. The fourth-order valence-corrected chi connectivity index (χ4v) is 5.06.